The molecule has 0 N–H and O–H groups in total. The Bertz CT molecular complexity index is 865. The van der Waals surface area contributed by atoms with E-state index in [9.17, 15) is 4.39 Å². The lowest BCUT2D eigenvalue weighted by Crippen LogP contribution is -2.51. The van der Waals surface area contributed by atoms with Crippen molar-refractivity contribution < 1.29 is 4.39 Å². The first kappa shape index (κ1) is 20.9. The smallest absolute Gasteiger partial charge is 0.129 e. The second-order valence-electron chi connectivity index (χ2n) is 9.69. The summed E-state index contributed by atoms with van der Waals surface area (Å²) in [6.07, 6.45) is 14.2. The standard InChI is InChI=1S/C27H36FN3/c28-22-14-12-21(13-15-22)25-20-27(29-26-11-7-2-1-6-10-24(25)26)31-18-16-30(17-19-31)23-8-4-3-5-9-23/h12-15,20,23H,1-11,16-19H2. The van der Waals surface area contributed by atoms with Crippen molar-refractivity contribution in [2.75, 3.05) is 31.1 Å². The molecule has 1 saturated heterocycles. The van der Waals surface area contributed by atoms with Crippen LogP contribution in [-0.2, 0) is 12.8 Å². The molecular weight excluding hydrogens is 385 g/mol. The summed E-state index contributed by atoms with van der Waals surface area (Å²) >= 11 is 0. The molecule has 3 aliphatic rings. The number of aryl methyl sites for hydroxylation is 1. The fourth-order valence-electron chi connectivity index (χ4n) is 5.85. The molecule has 0 amide bonds. The van der Waals surface area contributed by atoms with Crippen LogP contribution in [0.4, 0.5) is 10.2 Å². The lowest BCUT2D eigenvalue weighted by Gasteiger charge is -2.41. The van der Waals surface area contributed by atoms with Crippen LogP contribution in [0.15, 0.2) is 30.3 Å². The lowest BCUT2D eigenvalue weighted by molar-refractivity contribution is 0.147. The van der Waals surface area contributed by atoms with Crippen LogP contribution in [0.1, 0.15) is 69.0 Å². The van der Waals surface area contributed by atoms with Gasteiger partial charge in [-0.05, 0) is 73.4 Å². The molecule has 3 nitrogen and oxygen atoms in total. The van der Waals surface area contributed by atoms with Crippen LogP contribution in [0.25, 0.3) is 11.1 Å². The van der Waals surface area contributed by atoms with Crippen LogP contribution >= 0.6 is 0 Å². The van der Waals surface area contributed by atoms with E-state index in [1.54, 1.807) is 12.1 Å². The number of hydrogen-bond donors (Lipinski definition) is 0. The summed E-state index contributed by atoms with van der Waals surface area (Å²) in [5.41, 5.74) is 5.08. The Balaban J connectivity index is 1.41. The van der Waals surface area contributed by atoms with Gasteiger partial charge in [-0.2, -0.15) is 0 Å². The molecular formula is C27H36FN3. The maximum absolute atomic E-state index is 13.6. The number of aromatic nitrogens is 1. The van der Waals surface area contributed by atoms with Crippen LogP contribution in [0.5, 0.6) is 0 Å². The molecule has 1 aromatic carbocycles. The highest BCUT2D eigenvalue weighted by Crippen LogP contribution is 2.34. The summed E-state index contributed by atoms with van der Waals surface area (Å²) in [6, 6.07) is 10.2. The minimum Gasteiger partial charge on any atom is -0.354 e. The van der Waals surface area contributed by atoms with Gasteiger partial charge in [-0.3, -0.25) is 4.90 Å². The van der Waals surface area contributed by atoms with Crippen LogP contribution < -0.4 is 4.90 Å². The Labute approximate surface area is 186 Å². The monoisotopic (exact) mass is 421 g/mol. The summed E-state index contributed by atoms with van der Waals surface area (Å²) in [7, 11) is 0. The van der Waals surface area contributed by atoms with Crippen LogP contribution in [0.2, 0.25) is 0 Å². The zero-order valence-corrected chi connectivity index (χ0v) is 18.8. The molecule has 1 saturated carbocycles. The van der Waals surface area contributed by atoms with Gasteiger partial charge in [0.25, 0.3) is 0 Å². The molecule has 0 unspecified atom stereocenters. The van der Waals surface area contributed by atoms with E-state index in [4.69, 9.17) is 4.98 Å². The molecule has 2 heterocycles. The van der Waals surface area contributed by atoms with E-state index in [0.29, 0.717) is 0 Å². The number of benzene rings is 1. The Hall–Kier alpha value is -1.94. The second kappa shape index (κ2) is 9.68. The van der Waals surface area contributed by atoms with Crippen molar-refractivity contribution >= 4 is 5.82 Å². The molecule has 5 rings (SSSR count). The van der Waals surface area contributed by atoms with Gasteiger partial charge >= 0.3 is 0 Å². The molecule has 1 aliphatic heterocycles. The molecule has 0 bridgehead atoms. The quantitative estimate of drug-likeness (QED) is 0.606. The first-order valence-corrected chi connectivity index (χ1v) is 12.6. The number of halogens is 1. The first-order chi connectivity index (χ1) is 15.3. The van der Waals surface area contributed by atoms with Gasteiger partial charge in [0.2, 0.25) is 0 Å². The van der Waals surface area contributed by atoms with Crippen molar-refractivity contribution in [2.45, 2.75) is 76.7 Å². The minimum absolute atomic E-state index is 0.167. The average molecular weight is 422 g/mol. The molecule has 4 heteroatoms. The van der Waals surface area contributed by atoms with Gasteiger partial charge in [0.05, 0.1) is 0 Å². The topological polar surface area (TPSA) is 19.4 Å². The summed E-state index contributed by atoms with van der Waals surface area (Å²) in [4.78, 5) is 10.4. The number of rotatable bonds is 3. The highest BCUT2D eigenvalue weighted by molar-refractivity contribution is 5.72. The summed E-state index contributed by atoms with van der Waals surface area (Å²) in [5.74, 6) is 0.960. The van der Waals surface area contributed by atoms with Crippen LogP contribution in [0, 0.1) is 5.82 Å². The maximum atomic E-state index is 13.6. The van der Waals surface area contributed by atoms with Crippen LogP contribution in [-0.4, -0.2) is 42.1 Å². The zero-order chi connectivity index (χ0) is 21.0. The third-order valence-electron chi connectivity index (χ3n) is 7.67. The molecule has 2 aliphatic carbocycles. The molecule has 0 atom stereocenters. The normalized spacial score (nSPS) is 21.4. The number of piperazine rings is 1. The predicted molar refractivity (Wildman–Crippen MR) is 126 cm³/mol. The summed E-state index contributed by atoms with van der Waals surface area (Å²) in [6.45, 7) is 4.42. The fraction of sp³-hybridized carbons (Fsp3) is 0.593. The van der Waals surface area contributed by atoms with E-state index in [1.807, 2.05) is 12.1 Å². The van der Waals surface area contributed by atoms with E-state index in [1.165, 1.54) is 74.6 Å². The van der Waals surface area contributed by atoms with Crippen molar-refractivity contribution in [3.8, 4) is 11.1 Å². The molecule has 166 valence electrons. The van der Waals surface area contributed by atoms with Gasteiger partial charge in [-0.15, -0.1) is 0 Å². The number of anilines is 1. The van der Waals surface area contributed by atoms with Gasteiger partial charge in [0, 0.05) is 37.9 Å². The Morgan fingerprint density at radius 3 is 2.19 bits per heavy atom. The van der Waals surface area contributed by atoms with Crippen molar-refractivity contribution in [3.05, 3.63) is 47.4 Å². The van der Waals surface area contributed by atoms with Crippen molar-refractivity contribution in [3.63, 3.8) is 0 Å². The first-order valence-electron chi connectivity index (χ1n) is 12.6. The van der Waals surface area contributed by atoms with E-state index in [2.05, 4.69) is 15.9 Å². The largest absolute Gasteiger partial charge is 0.354 e. The van der Waals surface area contributed by atoms with Crippen LogP contribution in [0.3, 0.4) is 0 Å². The molecule has 0 spiro atoms. The minimum atomic E-state index is -0.167. The molecule has 31 heavy (non-hydrogen) atoms. The second-order valence-corrected chi connectivity index (χ2v) is 9.69. The Morgan fingerprint density at radius 2 is 1.45 bits per heavy atom. The number of nitrogens with zero attached hydrogens (tertiary/aromatic N) is 3. The third kappa shape index (κ3) is 4.79. The number of fused-ring (bicyclic) bond motifs is 1. The summed E-state index contributed by atoms with van der Waals surface area (Å²) in [5, 5.41) is 0. The number of pyridine rings is 1. The molecule has 2 aromatic rings. The maximum Gasteiger partial charge on any atom is 0.129 e. The summed E-state index contributed by atoms with van der Waals surface area (Å²) < 4.78 is 13.6. The van der Waals surface area contributed by atoms with Gasteiger partial charge < -0.3 is 4.90 Å². The van der Waals surface area contributed by atoms with Gasteiger partial charge in [-0.1, -0.05) is 44.2 Å². The van der Waals surface area contributed by atoms with E-state index in [-0.39, 0.29) is 5.82 Å². The number of hydrogen-bond acceptors (Lipinski definition) is 3. The zero-order valence-electron chi connectivity index (χ0n) is 18.8. The van der Waals surface area contributed by atoms with Gasteiger partial charge in [-0.25, -0.2) is 9.37 Å². The molecule has 2 fully saturated rings. The van der Waals surface area contributed by atoms with E-state index >= 15 is 0 Å². The molecule has 1 aromatic heterocycles. The van der Waals surface area contributed by atoms with Crippen molar-refractivity contribution in [1.29, 1.82) is 0 Å². The lowest BCUT2D eigenvalue weighted by atomic mass is 9.90. The predicted octanol–water partition coefficient (Wildman–Crippen LogP) is 6.00. The fourth-order valence-corrected chi connectivity index (χ4v) is 5.85. The van der Waals surface area contributed by atoms with Crippen molar-refractivity contribution in [1.82, 2.24) is 9.88 Å². The highest BCUT2D eigenvalue weighted by atomic mass is 19.1. The average Bonchev–Trinajstić information content (AvgIpc) is 2.80. The van der Waals surface area contributed by atoms with Gasteiger partial charge in [0.15, 0.2) is 0 Å². The Morgan fingerprint density at radius 1 is 0.774 bits per heavy atom. The van der Waals surface area contributed by atoms with Gasteiger partial charge in [0.1, 0.15) is 11.6 Å². The SMILES string of the molecule is Fc1ccc(-c2cc(N3CCN(C4CCCCC4)CC3)nc3c2CCCCCC3)cc1. The highest BCUT2D eigenvalue weighted by Gasteiger charge is 2.26. The van der Waals surface area contributed by atoms with Crippen molar-refractivity contribution in [2.24, 2.45) is 0 Å². The third-order valence-corrected chi connectivity index (χ3v) is 7.67. The Kier molecular flexibility index (Phi) is 6.54. The van der Waals surface area contributed by atoms with E-state index < -0.39 is 0 Å². The van der Waals surface area contributed by atoms with E-state index in [0.717, 1.165) is 56.4 Å². The molecule has 0 radical (unpaired) electrons.